The van der Waals surface area contributed by atoms with Crippen LogP contribution in [-0.4, -0.2) is 12.2 Å². The summed E-state index contributed by atoms with van der Waals surface area (Å²) in [7, 11) is 1.53. The van der Waals surface area contributed by atoms with Crippen LogP contribution in [0.3, 0.4) is 0 Å². The van der Waals surface area contributed by atoms with E-state index < -0.39 is 23.6 Å². The summed E-state index contributed by atoms with van der Waals surface area (Å²) in [6.45, 7) is 3.56. The molecule has 0 bridgehead atoms. The lowest BCUT2D eigenvalue weighted by Crippen LogP contribution is -2.07. The Morgan fingerprint density at radius 1 is 1.00 bits per heavy atom. The van der Waals surface area contributed by atoms with E-state index in [0.717, 1.165) is 23.3 Å². The van der Waals surface area contributed by atoms with Crippen LogP contribution >= 0.6 is 0 Å². The molecule has 5 heteroatoms. The fourth-order valence-electron chi connectivity index (χ4n) is 2.40. The van der Waals surface area contributed by atoms with E-state index >= 15 is 0 Å². The van der Waals surface area contributed by atoms with Gasteiger partial charge >= 0.3 is 0 Å². The first-order chi connectivity index (χ1) is 9.86. The first-order valence-corrected chi connectivity index (χ1v) is 6.33. The van der Waals surface area contributed by atoms with Crippen molar-refractivity contribution in [1.29, 1.82) is 0 Å². The first-order valence-electron chi connectivity index (χ1n) is 6.33. The van der Waals surface area contributed by atoms with Gasteiger partial charge in [-0.2, -0.15) is 0 Å². The van der Waals surface area contributed by atoms with Crippen molar-refractivity contribution in [3.8, 4) is 5.75 Å². The molecule has 0 spiro atoms. The Labute approximate surface area is 120 Å². The van der Waals surface area contributed by atoms with E-state index in [2.05, 4.69) is 0 Å². The van der Waals surface area contributed by atoms with Gasteiger partial charge in [0.2, 0.25) is 0 Å². The third-order valence-corrected chi connectivity index (χ3v) is 3.36. The highest BCUT2D eigenvalue weighted by Crippen LogP contribution is 2.31. The Morgan fingerprint density at radius 2 is 1.57 bits per heavy atom. The Balaban J connectivity index is 2.50. The molecule has 0 saturated carbocycles. The lowest BCUT2D eigenvalue weighted by Gasteiger charge is -2.16. The highest BCUT2D eigenvalue weighted by molar-refractivity contribution is 5.45. The predicted molar refractivity (Wildman–Crippen MR) is 72.8 cm³/mol. The van der Waals surface area contributed by atoms with Crippen LogP contribution in [0.4, 0.5) is 13.2 Å². The van der Waals surface area contributed by atoms with E-state index in [0.29, 0.717) is 11.3 Å². The first kappa shape index (κ1) is 15.4. The number of aliphatic hydroxyl groups is 1. The molecule has 1 unspecified atom stereocenters. The zero-order valence-corrected chi connectivity index (χ0v) is 11.9. The van der Waals surface area contributed by atoms with Gasteiger partial charge in [0.15, 0.2) is 17.5 Å². The average Bonchev–Trinajstić information content (AvgIpc) is 2.44. The molecule has 1 atom stereocenters. The molecule has 2 aromatic rings. The van der Waals surface area contributed by atoms with Gasteiger partial charge in [-0.25, -0.2) is 13.2 Å². The molecule has 0 heterocycles. The SMILES string of the molecule is COc1c(C)cc(C(O)c2ccc(F)c(F)c2F)cc1C. The van der Waals surface area contributed by atoms with Crippen molar-refractivity contribution in [3.63, 3.8) is 0 Å². The van der Waals surface area contributed by atoms with Gasteiger partial charge in [-0.1, -0.05) is 6.07 Å². The Kier molecular flexibility index (Phi) is 4.23. The van der Waals surface area contributed by atoms with E-state index in [-0.39, 0.29) is 5.56 Å². The van der Waals surface area contributed by atoms with E-state index in [9.17, 15) is 18.3 Å². The van der Waals surface area contributed by atoms with Gasteiger partial charge in [0.1, 0.15) is 11.9 Å². The van der Waals surface area contributed by atoms with Gasteiger partial charge in [-0.15, -0.1) is 0 Å². The lowest BCUT2D eigenvalue weighted by molar-refractivity contribution is 0.212. The Morgan fingerprint density at radius 3 is 2.10 bits per heavy atom. The van der Waals surface area contributed by atoms with Gasteiger partial charge in [0.25, 0.3) is 0 Å². The van der Waals surface area contributed by atoms with Crippen LogP contribution in [0, 0.1) is 31.3 Å². The van der Waals surface area contributed by atoms with Gasteiger partial charge in [-0.05, 0) is 48.7 Å². The third kappa shape index (κ3) is 2.74. The van der Waals surface area contributed by atoms with Crippen LogP contribution in [0.1, 0.15) is 28.4 Å². The van der Waals surface area contributed by atoms with E-state index in [4.69, 9.17) is 4.74 Å². The van der Waals surface area contributed by atoms with Crippen LogP contribution in [0.15, 0.2) is 24.3 Å². The van der Waals surface area contributed by atoms with Crippen molar-refractivity contribution in [2.75, 3.05) is 7.11 Å². The summed E-state index contributed by atoms with van der Waals surface area (Å²) in [5.41, 5.74) is 1.60. The summed E-state index contributed by atoms with van der Waals surface area (Å²) in [5, 5.41) is 10.2. The van der Waals surface area contributed by atoms with E-state index in [1.807, 2.05) is 0 Å². The van der Waals surface area contributed by atoms with Crippen molar-refractivity contribution >= 4 is 0 Å². The van der Waals surface area contributed by atoms with Gasteiger partial charge in [-0.3, -0.25) is 0 Å². The second kappa shape index (κ2) is 5.77. The number of hydrogen-bond donors (Lipinski definition) is 1. The maximum atomic E-state index is 13.7. The fourth-order valence-corrected chi connectivity index (χ4v) is 2.40. The van der Waals surface area contributed by atoms with Crippen molar-refractivity contribution in [2.24, 2.45) is 0 Å². The maximum absolute atomic E-state index is 13.7. The topological polar surface area (TPSA) is 29.5 Å². The van der Waals surface area contributed by atoms with Crippen LogP contribution in [0.5, 0.6) is 5.75 Å². The molecule has 1 N–H and O–H groups in total. The van der Waals surface area contributed by atoms with Crippen LogP contribution < -0.4 is 4.74 Å². The van der Waals surface area contributed by atoms with Crippen molar-refractivity contribution < 1.29 is 23.0 Å². The highest BCUT2D eigenvalue weighted by atomic mass is 19.2. The lowest BCUT2D eigenvalue weighted by atomic mass is 9.96. The van der Waals surface area contributed by atoms with Crippen molar-refractivity contribution in [3.05, 3.63) is 64.0 Å². The molecule has 0 radical (unpaired) electrons. The highest BCUT2D eigenvalue weighted by Gasteiger charge is 2.21. The van der Waals surface area contributed by atoms with Crippen LogP contribution in [-0.2, 0) is 0 Å². The minimum absolute atomic E-state index is 0.308. The standard InChI is InChI=1S/C16H15F3O2/c1-8-6-10(7-9(2)16(8)21-3)15(20)11-4-5-12(17)14(19)13(11)18/h4-7,15,20H,1-3H3. The number of benzene rings is 2. The minimum Gasteiger partial charge on any atom is -0.496 e. The number of hydrogen-bond acceptors (Lipinski definition) is 2. The fraction of sp³-hybridized carbons (Fsp3) is 0.250. The predicted octanol–water partition coefficient (Wildman–Crippen LogP) is 3.81. The molecule has 2 nitrogen and oxygen atoms in total. The second-order valence-electron chi connectivity index (χ2n) is 4.86. The van der Waals surface area contributed by atoms with E-state index in [1.54, 1.807) is 26.0 Å². The maximum Gasteiger partial charge on any atom is 0.194 e. The van der Waals surface area contributed by atoms with Gasteiger partial charge in [0, 0.05) is 5.56 Å². The summed E-state index contributed by atoms with van der Waals surface area (Å²) >= 11 is 0. The van der Waals surface area contributed by atoms with Crippen molar-refractivity contribution in [2.45, 2.75) is 20.0 Å². The molecule has 2 rings (SSSR count). The van der Waals surface area contributed by atoms with E-state index in [1.165, 1.54) is 7.11 Å². The molecule has 0 fully saturated rings. The molecule has 112 valence electrons. The number of rotatable bonds is 3. The number of aliphatic hydroxyl groups excluding tert-OH is 1. The second-order valence-corrected chi connectivity index (χ2v) is 4.86. The largest absolute Gasteiger partial charge is 0.496 e. The molecule has 0 aliphatic rings. The molecule has 0 aromatic heterocycles. The average molecular weight is 296 g/mol. The smallest absolute Gasteiger partial charge is 0.194 e. The molecule has 0 saturated heterocycles. The van der Waals surface area contributed by atoms with Crippen LogP contribution in [0.25, 0.3) is 0 Å². The zero-order valence-electron chi connectivity index (χ0n) is 11.9. The summed E-state index contributed by atoms with van der Waals surface area (Å²) in [4.78, 5) is 0. The summed E-state index contributed by atoms with van der Waals surface area (Å²) in [6.07, 6.45) is -1.39. The molecule has 2 aromatic carbocycles. The molecule has 21 heavy (non-hydrogen) atoms. The quantitative estimate of drug-likeness (QED) is 0.873. The number of ether oxygens (including phenoxy) is 1. The summed E-state index contributed by atoms with van der Waals surface area (Å²) < 4.78 is 45.2. The molecular formula is C16H15F3O2. The molecule has 0 amide bonds. The molecular weight excluding hydrogens is 281 g/mol. The van der Waals surface area contributed by atoms with Crippen molar-refractivity contribution in [1.82, 2.24) is 0 Å². The Hall–Kier alpha value is -2.01. The number of halogens is 3. The monoisotopic (exact) mass is 296 g/mol. The molecule has 0 aliphatic heterocycles. The van der Waals surface area contributed by atoms with Crippen LogP contribution in [0.2, 0.25) is 0 Å². The number of methoxy groups -OCH3 is 1. The number of aryl methyl sites for hydroxylation is 2. The summed E-state index contributed by atoms with van der Waals surface area (Å²) in [6, 6.07) is 5.07. The minimum atomic E-state index is -1.59. The normalized spacial score (nSPS) is 12.3. The zero-order chi connectivity index (χ0) is 15.7. The Bertz CT molecular complexity index is 660. The summed E-state index contributed by atoms with van der Waals surface area (Å²) in [5.74, 6) is -3.59. The van der Waals surface area contributed by atoms with Gasteiger partial charge in [0.05, 0.1) is 7.11 Å². The third-order valence-electron chi connectivity index (χ3n) is 3.36. The van der Waals surface area contributed by atoms with Gasteiger partial charge < -0.3 is 9.84 Å². The molecule has 0 aliphatic carbocycles.